The Morgan fingerprint density at radius 1 is 0.460 bits per heavy atom. The SMILES string of the molecule is c1ccc(-n2c3ccccc3c3c(N(c4ccc5cc6sc7ccccc7c6cc5c4)c4cccc5c4oc4ccccc45)cccc32)cc1. The molecule has 0 spiro atoms. The zero-order valence-corrected chi connectivity index (χ0v) is 27.7. The van der Waals surface area contributed by atoms with E-state index in [1.165, 1.54) is 47.2 Å². The quantitative estimate of drug-likeness (QED) is 0.188. The van der Waals surface area contributed by atoms with Gasteiger partial charge in [-0.15, -0.1) is 11.3 Å². The van der Waals surface area contributed by atoms with Gasteiger partial charge in [0.25, 0.3) is 0 Å². The van der Waals surface area contributed by atoms with E-state index in [1.54, 1.807) is 0 Å². The predicted molar refractivity (Wildman–Crippen MR) is 213 cm³/mol. The third-order valence-electron chi connectivity index (χ3n) is 10.1. The molecule has 0 N–H and O–H groups in total. The summed E-state index contributed by atoms with van der Waals surface area (Å²) in [6, 6.07) is 61.3. The Kier molecular flexibility index (Phi) is 5.83. The summed E-state index contributed by atoms with van der Waals surface area (Å²) < 4.78 is 11.7. The molecule has 0 atom stereocenters. The molecule has 4 heteroatoms. The number of aromatic nitrogens is 1. The number of thiophene rings is 1. The Labute approximate surface area is 291 Å². The van der Waals surface area contributed by atoms with Gasteiger partial charge in [0.05, 0.1) is 22.4 Å². The second-order valence-corrected chi connectivity index (χ2v) is 14.0. The maximum Gasteiger partial charge on any atom is 0.159 e. The Bertz CT molecular complexity index is 3110. The van der Waals surface area contributed by atoms with Crippen LogP contribution >= 0.6 is 11.3 Å². The first-order valence-corrected chi connectivity index (χ1v) is 17.7. The summed E-state index contributed by atoms with van der Waals surface area (Å²) in [6.07, 6.45) is 0. The molecule has 0 fully saturated rings. The molecule has 0 amide bonds. The van der Waals surface area contributed by atoms with Gasteiger partial charge in [-0.25, -0.2) is 0 Å². The zero-order chi connectivity index (χ0) is 32.8. The number of hydrogen-bond acceptors (Lipinski definition) is 3. The molecule has 8 aromatic carbocycles. The van der Waals surface area contributed by atoms with E-state index < -0.39 is 0 Å². The number of anilines is 3. The molecular weight excluding hydrogens is 629 g/mol. The highest BCUT2D eigenvalue weighted by Crippen LogP contribution is 2.47. The Hall–Kier alpha value is -6.36. The van der Waals surface area contributed by atoms with Crippen molar-refractivity contribution in [2.45, 2.75) is 0 Å². The first-order chi connectivity index (χ1) is 24.8. The van der Waals surface area contributed by atoms with Gasteiger partial charge in [-0.1, -0.05) is 97.1 Å². The monoisotopic (exact) mass is 656 g/mol. The van der Waals surface area contributed by atoms with Crippen LogP contribution < -0.4 is 4.90 Å². The summed E-state index contributed by atoms with van der Waals surface area (Å²) in [4.78, 5) is 2.41. The van der Waals surface area contributed by atoms with Crippen molar-refractivity contribution >= 4 is 103 Å². The number of fused-ring (bicyclic) bond motifs is 10. The average molecular weight is 657 g/mol. The number of furan rings is 1. The van der Waals surface area contributed by atoms with Gasteiger partial charge in [0.15, 0.2) is 5.58 Å². The Balaban J connectivity index is 1.24. The number of benzene rings is 8. The molecule has 0 saturated carbocycles. The summed E-state index contributed by atoms with van der Waals surface area (Å²) in [5.41, 5.74) is 8.41. The first kappa shape index (κ1) is 27.6. The lowest BCUT2D eigenvalue weighted by Gasteiger charge is -2.27. The number of hydrogen-bond donors (Lipinski definition) is 0. The molecule has 0 radical (unpaired) electrons. The summed E-state index contributed by atoms with van der Waals surface area (Å²) in [7, 11) is 0. The van der Waals surface area contributed by atoms with Crippen LogP contribution in [-0.2, 0) is 0 Å². The Morgan fingerprint density at radius 2 is 1.18 bits per heavy atom. The fourth-order valence-electron chi connectivity index (χ4n) is 7.95. The van der Waals surface area contributed by atoms with E-state index >= 15 is 0 Å². The smallest absolute Gasteiger partial charge is 0.159 e. The van der Waals surface area contributed by atoms with Crippen LogP contribution in [-0.4, -0.2) is 4.57 Å². The third kappa shape index (κ3) is 3.97. The van der Waals surface area contributed by atoms with Crippen LogP contribution in [0.3, 0.4) is 0 Å². The lowest BCUT2D eigenvalue weighted by Crippen LogP contribution is -2.10. The van der Waals surface area contributed by atoms with Gasteiger partial charge in [-0.2, -0.15) is 0 Å². The highest BCUT2D eigenvalue weighted by atomic mass is 32.1. The van der Waals surface area contributed by atoms with Crippen molar-refractivity contribution in [3.8, 4) is 5.69 Å². The molecule has 0 aliphatic carbocycles. The van der Waals surface area contributed by atoms with Crippen molar-refractivity contribution in [2.24, 2.45) is 0 Å². The van der Waals surface area contributed by atoms with Crippen LogP contribution in [0.15, 0.2) is 174 Å². The number of rotatable bonds is 4. The van der Waals surface area contributed by atoms with Gasteiger partial charge in [0.2, 0.25) is 0 Å². The fraction of sp³-hybridized carbons (Fsp3) is 0. The zero-order valence-electron chi connectivity index (χ0n) is 26.9. The van der Waals surface area contributed by atoms with Crippen molar-refractivity contribution in [2.75, 3.05) is 4.90 Å². The van der Waals surface area contributed by atoms with Crippen molar-refractivity contribution < 1.29 is 4.42 Å². The van der Waals surface area contributed by atoms with E-state index in [2.05, 4.69) is 173 Å². The van der Waals surface area contributed by atoms with E-state index in [-0.39, 0.29) is 0 Å². The van der Waals surface area contributed by atoms with Crippen LogP contribution in [0.1, 0.15) is 0 Å². The molecule has 0 bridgehead atoms. The Morgan fingerprint density at radius 3 is 2.10 bits per heavy atom. The normalized spacial score (nSPS) is 12.0. The second-order valence-electron chi connectivity index (χ2n) is 12.9. The molecule has 0 unspecified atom stereocenters. The van der Waals surface area contributed by atoms with E-state index in [0.717, 1.165) is 50.2 Å². The van der Waals surface area contributed by atoms with Crippen LogP contribution in [0.4, 0.5) is 17.1 Å². The van der Waals surface area contributed by atoms with Gasteiger partial charge in [-0.3, -0.25) is 0 Å². The van der Waals surface area contributed by atoms with Gasteiger partial charge in [0, 0.05) is 53.1 Å². The van der Waals surface area contributed by atoms with E-state index in [4.69, 9.17) is 4.42 Å². The lowest BCUT2D eigenvalue weighted by molar-refractivity contribution is 0.669. The minimum atomic E-state index is 0.872. The number of nitrogens with zero attached hydrogens (tertiary/aromatic N) is 2. The first-order valence-electron chi connectivity index (χ1n) is 16.9. The van der Waals surface area contributed by atoms with E-state index in [0.29, 0.717) is 0 Å². The maximum atomic E-state index is 6.72. The summed E-state index contributed by atoms with van der Waals surface area (Å²) in [5.74, 6) is 0. The van der Waals surface area contributed by atoms with Gasteiger partial charge in [0.1, 0.15) is 5.58 Å². The summed E-state index contributed by atoms with van der Waals surface area (Å²) in [5, 5.41) is 9.67. The average Bonchev–Trinajstić information content (AvgIpc) is 3.84. The van der Waals surface area contributed by atoms with E-state index in [1.807, 2.05) is 17.4 Å². The highest BCUT2D eigenvalue weighted by Gasteiger charge is 2.24. The topological polar surface area (TPSA) is 21.3 Å². The summed E-state index contributed by atoms with van der Waals surface area (Å²) >= 11 is 1.86. The molecular formula is C46H28N2OS. The molecule has 50 heavy (non-hydrogen) atoms. The largest absolute Gasteiger partial charge is 0.454 e. The van der Waals surface area contributed by atoms with Gasteiger partial charge < -0.3 is 13.9 Å². The molecule has 11 aromatic rings. The molecule has 0 aliphatic rings. The predicted octanol–water partition coefficient (Wildman–Crippen LogP) is 13.7. The lowest BCUT2D eigenvalue weighted by atomic mass is 10.0. The standard InChI is InChI=1S/C46H28N2OS/c1-2-12-31(13-3-1)47-38-18-7-4-16-36(38)45-39(47)19-11-20-40(45)48(41-21-10-17-35-33-14-5-8-22-42(33)49-46(35)41)32-25-24-29-28-44-37(27-30(29)26-32)34-15-6-9-23-43(34)50-44/h1-28H. The van der Waals surface area contributed by atoms with Crippen LogP contribution in [0.25, 0.3) is 80.4 Å². The molecule has 3 aromatic heterocycles. The molecule has 11 rings (SSSR count). The fourth-order valence-corrected chi connectivity index (χ4v) is 9.09. The maximum absolute atomic E-state index is 6.72. The van der Waals surface area contributed by atoms with Crippen molar-refractivity contribution in [3.63, 3.8) is 0 Å². The molecule has 3 heterocycles. The highest BCUT2D eigenvalue weighted by molar-refractivity contribution is 7.25. The molecule has 234 valence electrons. The molecule has 3 nitrogen and oxygen atoms in total. The van der Waals surface area contributed by atoms with Crippen molar-refractivity contribution in [3.05, 3.63) is 170 Å². The number of para-hydroxylation sites is 4. The van der Waals surface area contributed by atoms with Crippen LogP contribution in [0.5, 0.6) is 0 Å². The van der Waals surface area contributed by atoms with Crippen molar-refractivity contribution in [1.29, 1.82) is 0 Å². The third-order valence-corrected chi connectivity index (χ3v) is 11.3. The van der Waals surface area contributed by atoms with E-state index in [9.17, 15) is 0 Å². The van der Waals surface area contributed by atoms with Crippen LogP contribution in [0.2, 0.25) is 0 Å². The van der Waals surface area contributed by atoms with Gasteiger partial charge >= 0.3 is 0 Å². The van der Waals surface area contributed by atoms with Crippen molar-refractivity contribution in [1.82, 2.24) is 4.57 Å². The summed E-state index contributed by atoms with van der Waals surface area (Å²) in [6.45, 7) is 0. The van der Waals surface area contributed by atoms with Gasteiger partial charge in [-0.05, 0) is 83.6 Å². The minimum Gasteiger partial charge on any atom is -0.454 e. The minimum absolute atomic E-state index is 0.872. The molecule has 0 aliphatic heterocycles. The van der Waals surface area contributed by atoms with Crippen LogP contribution in [0, 0.1) is 0 Å². The molecule has 0 saturated heterocycles. The second kappa shape index (κ2) is 10.6.